The Kier molecular flexibility index (Phi) is 5.56. The van der Waals surface area contributed by atoms with Crippen LogP contribution in [0.1, 0.15) is 30.1 Å². The summed E-state index contributed by atoms with van der Waals surface area (Å²) in [4.78, 5) is 2.33. The predicted octanol–water partition coefficient (Wildman–Crippen LogP) is 4.85. The number of piperidine rings is 1. The average molecular weight is 426 g/mol. The van der Waals surface area contributed by atoms with Gasteiger partial charge in [-0.15, -0.1) is 0 Å². The number of halogens is 1. The molecular weight excluding hydrogens is 406 g/mol. The number of nitrogens with zero attached hydrogens (tertiary/aromatic N) is 4. The Balaban J connectivity index is 1.55. The van der Waals surface area contributed by atoms with E-state index in [1.54, 1.807) is 13.2 Å². The molecule has 0 bridgehead atoms. The Morgan fingerprint density at radius 1 is 1.21 bits per heavy atom. The minimum absolute atomic E-state index is 0.277. The van der Waals surface area contributed by atoms with Gasteiger partial charge in [0, 0.05) is 30.8 Å². The van der Waals surface area contributed by atoms with Gasteiger partial charge < -0.3 is 9.64 Å². The number of nitriles is 1. The van der Waals surface area contributed by atoms with Crippen LogP contribution in [0.5, 0.6) is 5.75 Å². The lowest BCUT2D eigenvalue weighted by Gasteiger charge is -2.33. The zero-order chi connectivity index (χ0) is 20.4. The number of nitrogens with one attached hydrogen (secondary N) is 1. The number of hydrogen-bond acceptors (Lipinski definition) is 5. The summed E-state index contributed by atoms with van der Waals surface area (Å²) >= 11 is 11.6. The molecule has 0 spiro atoms. The molecule has 8 heteroatoms. The summed E-state index contributed by atoms with van der Waals surface area (Å²) in [6, 6.07) is 15.5. The van der Waals surface area contributed by atoms with Crippen LogP contribution >= 0.6 is 23.8 Å². The summed E-state index contributed by atoms with van der Waals surface area (Å²) in [5, 5.41) is 17.3. The van der Waals surface area contributed by atoms with E-state index in [2.05, 4.69) is 21.2 Å². The molecule has 0 amide bonds. The van der Waals surface area contributed by atoms with E-state index in [0.717, 1.165) is 43.1 Å². The van der Waals surface area contributed by atoms with E-state index >= 15 is 0 Å². The molecule has 0 atom stereocenters. The molecule has 1 fully saturated rings. The van der Waals surface area contributed by atoms with Crippen molar-refractivity contribution in [2.45, 2.75) is 18.8 Å². The van der Waals surface area contributed by atoms with Crippen LogP contribution in [0, 0.1) is 16.1 Å². The highest BCUT2D eigenvalue weighted by Gasteiger charge is 2.26. The van der Waals surface area contributed by atoms with Crippen LogP contribution in [-0.2, 0) is 0 Å². The summed E-state index contributed by atoms with van der Waals surface area (Å²) in [6.45, 7) is 1.79. The maximum atomic E-state index is 9.21. The Morgan fingerprint density at radius 3 is 2.72 bits per heavy atom. The Labute approximate surface area is 179 Å². The topological polar surface area (TPSA) is 69.9 Å². The van der Waals surface area contributed by atoms with Crippen LogP contribution in [0.15, 0.2) is 42.5 Å². The second-order valence-electron chi connectivity index (χ2n) is 6.96. The van der Waals surface area contributed by atoms with Gasteiger partial charge in [-0.05, 0) is 55.4 Å². The SMILES string of the molecule is COc1cc(N2CCC(c3n[nH]c(=S)n3-c3cccc(C#N)c3)CC2)ccc1Cl. The number of anilines is 1. The number of rotatable bonds is 4. The second kappa shape index (κ2) is 8.27. The van der Waals surface area contributed by atoms with Crippen molar-refractivity contribution in [2.24, 2.45) is 0 Å². The minimum Gasteiger partial charge on any atom is -0.495 e. The average Bonchev–Trinajstić information content (AvgIpc) is 3.15. The highest BCUT2D eigenvalue weighted by atomic mass is 35.5. The fraction of sp³-hybridized carbons (Fsp3) is 0.286. The lowest BCUT2D eigenvalue weighted by Crippen LogP contribution is -2.33. The lowest BCUT2D eigenvalue weighted by atomic mass is 9.95. The van der Waals surface area contributed by atoms with Gasteiger partial charge in [-0.3, -0.25) is 9.67 Å². The molecule has 1 aliphatic rings. The van der Waals surface area contributed by atoms with Gasteiger partial charge in [0.05, 0.1) is 29.5 Å². The molecule has 2 aromatic carbocycles. The molecule has 3 aromatic rings. The van der Waals surface area contributed by atoms with Crippen LogP contribution in [0.2, 0.25) is 5.02 Å². The van der Waals surface area contributed by atoms with Gasteiger partial charge in [-0.25, -0.2) is 0 Å². The maximum Gasteiger partial charge on any atom is 0.199 e. The molecule has 1 aliphatic heterocycles. The van der Waals surface area contributed by atoms with Crippen molar-refractivity contribution in [3.05, 3.63) is 63.6 Å². The molecule has 148 valence electrons. The third-order valence-electron chi connectivity index (χ3n) is 5.29. The van der Waals surface area contributed by atoms with Crippen molar-refractivity contribution >= 4 is 29.5 Å². The van der Waals surface area contributed by atoms with Gasteiger partial charge in [-0.1, -0.05) is 17.7 Å². The summed E-state index contributed by atoms with van der Waals surface area (Å²) < 4.78 is 7.83. The summed E-state index contributed by atoms with van der Waals surface area (Å²) in [5.74, 6) is 1.88. The standard InChI is InChI=1S/C21H20ClN5OS/c1-28-19-12-16(5-6-18(19)22)26-9-7-15(8-10-26)20-24-25-21(29)27(20)17-4-2-3-14(11-17)13-23/h2-6,11-12,15H,7-10H2,1H3,(H,25,29). The number of benzene rings is 2. The van der Waals surface area contributed by atoms with Crippen LogP contribution in [0.4, 0.5) is 5.69 Å². The first-order chi connectivity index (χ1) is 14.1. The molecule has 0 unspecified atom stereocenters. The van der Waals surface area contributed by atoms with Crippen LogP contribution in [0.25, 0.3) is 5.69 Å². The largest absolute Gasteiger partial charge is 0.495 e. The van der Waals surface area contributed by atoms with Gasteiger partial charge >= 0.3 is 0 Å². The number of hydrogen-bond donors (Lipinski definition) is 1. The zero-order valence-corrected chi connectivity index (χ0v) is 17.5. The van der Waals surface area contributed by atoms with E-state index in [1.165, 1.54) is 0 Å². The van der Waals surface area contributed by atoms with E-state index in [9.17, 15) is 5.26 Å². The summed E-state index contributed by atoms with van der Waals surface area (Å²) in [7, 11) is 1.63. The Bertz CT molecular complexity index is 1120. The van der Waals surface area contributed by atoms with Crippen molar-refractivity contribution in [1.29, 1.82) is 5.26 Å². The Morgan fingerprint density at radius 2 is 2.00 bits per heavy atom. The molecule has 2 heterocycles. The zero-order valence-electron chi connectivity index (χ0n) is 15.9. The fourth-order valence-electron chi connectivity index (χ4n) is 3.79. The van der Waals surface area contributed by atoms with E-state index in [1.807, 2.05) is 41.0 Å². The smallest absolute Gasteiger partial charge is 0.199 e. The third-order valence-corrected chi connectivity index (χ3v) is 5.88. The highest BCUT2D eigenvalue weighted by Crippen LogP contribution is 2.34. The normalized spacial score (nSPS) is 14.6. The van der Waals surface area contributed by atoms with E-state index in [-0.39, 0.29) is 5.92 Å². The van der Waals surface area contributed by atoms with Gasteiger partial charge in [0.15, 0.2) is 4.77 Å². The molecule has 4 rings (SSSR count). The first-order valence-corrected chi connectivity index (χ1v) is 10.2. The van der Waals surface area contributed by atoms with E-state index < -0.39 is 0 Å². The van der Waals surface area contributed by atoms with Gasteiger partial charge in [0.25, 0.3) is 0 Å². The van der Waals surface area contributed by atoms with Crippen molar-refractivity contribution in [3.63, 3.8) is 0 Å². The summed E-state index contributed by atoms with van der Waals surface area (Å²) in [5.41, 5.74) is 2.57. The number of aromatic amines is 1. The number of H-pyrrole nitrogens is 1. The lowest BCUT2D eigenvalue weighted by molar-refractivity contribution is 0.414. The fourth-order valence-corrected chi connectivity index (χ4v) is 4.23. The monoisotopic (exact) mass is 425 g/mol. The molecule has 0 saturated carbocycles. The van der Waals surface area contributed by atoms with Crippen LogP contribution in [-0.4, -0.2) is 35.0 Å². The third kappa shape index (κ3) is 3.86. The molecule has 1 saturated heterocycles. The molecular formula is C21H20ClN5OS. The number of ether oxygens (including phenoxy) is 1. The molecule has 0 aliphatic carbocycles. The van der Waals surface area contributed by atoms with Crippen molar-refractivity contribution in [3.8, 4) is 17.5 Å². The molecule has 29 heavy (non-hydrogen) atoms. The summed E-state index contributed by atoms with van der Waals surface area (Å²) in [6.07, 6.45) is 1.89. The molecule has 1 aromatic heterocycles. The van der Waals surface area contributed by atoms with E-state index in [4.69, 9.17) is 28.6 Å². The maximum absolute atomic E-state index is 9.21. The number of aromatic nitrogens is 3. The van der Waals surface area contributed by atoms with Crippen molar-refractivity contribution in [1.82, 2.24) is 14.8 Å². The first-order valence-electron chi connectivity index (χ1n) is 9.37. The van der Waals surface area contributed by atoms with Crippen molar-refractivity contribution in [2.75, 3.05) is 25.1 Å². The first kappa shape index (κ1) is 19.5. The van der Waals surface area contributed by atoms with Crippen molar-refractivity contribution < 1.29 is 4.74 Å². The Hall–Kier alpha value is -2.82. The number of methoxy groups -OCH3 is 1. The second-order valence-corrected chi connectivity index (χ2v) is 7.76. The van der Waals surface area contributed by atoms with E-state index in [0.29, 0.717) is 21.1 Å². The molecule has 1 N–H and O–H groups in total. The van der Waals surface area contributed by atoms with Gasteiger partial charge in [0.2, 0.25) is 0 Å². The van der Waals surface area contributed by atoms with Gasteiger partial charge in [0.1, 0.15) is 11.6 Å². The van der Waals surface area contributed by atoms with Crippen LogP contribution in [0.3, 0.4) is 0 Å². The molecule has 6 nitrogen and oxygen atoms in total. The highest BCUT2D eigenvalue weighted by molar-refractivity contribution is 7.71. The van der Waals surface area contributed by atoms with Crippen LogP contribution < -0.4 is 9.64 Å². The minimum atomic E-state index is 0.277. The quantitative estimate of drug-likeness (QED) is 0.605. The molecule has 0 radical (unpaired) electrons. The van der Waals surface area contributed by atoms with Gasteiger partial charge in [-0.2, -0.15) is 10.4 Å². The predicted molar refractivity (Wildman–Crippen MR) is 116 cm³/mol.